The van der Waals surface area contributed by atoms with Crippen molar-refractivity contribution >= 4 is 7.85 Å². The van der Waals surface area contributed by atoms with Crippen molar-refractivity contribution in [1.29, 1.82) is 0 Å². The van der Waals surface area contributed by atoms with E-state index in [0.717, 1.165) is 0 Å². The molecule has 0 rings (SSSR count). The Morgan fingerprint density at radius 2 is 1.67 bits per heavy atom. The first-order chi connectivity index (χ1) is 7.04. The third-order valence-corrected chi connectivity index (χ3v) is 2.99. The molecule has 1 unspecified atom stereocenters. The highest BCUT2D eigenvalue weighted by molar-refractivity contribution is 6.10. The van der Waals surface area contributed by atoms with Crippen LogP contribution in [0.2, 0.25) is 0 Å². The van der Waals surface area contributed by atoms with E-state index in [1.807, 2.05) is 7.85 Å². The maximum absolute atomic E-state index is 9.30. The van der Waals surface area contributed by atoms with Gasteiger partial charge in [0.1, 0.15) is 7.85 Å². The second-order valence-corrected chi connectivity index (χ2v) is 5.00. The van der Waals surface area contributed by atoms with Crippen LogP contribution in [-0.4, -0.2) is 31.0 Å². The number of hydrogen-bond acceptors (Lipinski definition) is 2. The Kier molecular flexibility index (Phi) is 8.17. The summed E-state index contributed by atoms with van der Waals surface area (Å²) in [6, 6.07) is -0.243. The highest BCUT2D eigenvalue weighted by atomic mass is 16.3. The Morgan fingerprint density at radius 3 is 2.00 bits per heavy atom. The average molecular weight is 213 g/mol. The van der Waals surface area contributed by atoms with Crippen LogP contribution in [0, 0.1) is 0 Å². The van der Waals surface area contributed by atoms with Crippen molar-refractivity contribution in [1.82, 2.24) is 5.32 Å². The molecule has 3 heteroatoms. The van der Waals surface area contributed by atoms with Crippen LogP contribution in [0.25, 0.3) is 0 Å². The Morgan fingerprint density at radius 1 is 1.20 bits per heavy atom. The van der Waals surface area contributed by atoms with Crippen LogP contribution in [0.15, 0.2) is 0 Å². The summed E-state index contributed by atoms with van der Waals surface area (Å²) in [6.07, 6.45) is 7.47. The first-order valence-corrected chi connectivity index (χ1v) is 6.47. The van der Waals surface area contributed by atoms with E-state index in [2.05, 4.69) is 26.1 Å². The van der Waals surface area contributed by atoms with Gasteiger partial charge in [-0.1, -0.05) is 39.5 Å². The van der Waals surface area contributed by atoms with Gasteiger partial charge in [-0.3, -0.25) is 0 Å². The Hall–Kier alpha value is -0.0151. The maximum atomic E-state index is 9.30. The molecule has 90 valence electrons. The lowest BCUT2D eigenvalue weighted by molar-refractivity contribution is 0.211. The van der Waals surface area contributed by atoms with Crippen LogP contribution in [0.4, 0.5) is 0 Å². The third-order valence-electron chi connectivity index (χ3n) is 2.99. The molecule has 2 N–H and O–H groups in total. The van der Waals surface area contributed by atoms with Gasteiger partial charge in [-0.2, -0.15) is 0 Å². The number of rotatable bonds is 9. The van der Waals surface area contributed by atoms with E-state index in [-0.39, 0.29) is 11.5 Å². The molecule has 0 saturated heterocycles. The number of unbranched alkanes of at least 4 members (excludes halogenated alkanes) is 2. The second-order valence-electron chi connectivity index (χ2n) is 5.00. The van der Waals surface area contributed by atoms with Crippen LogP contribution in [0.3, 0.4) is 0 Å². The highest BCUT2D eigenvalue weighted by Crippen LogP contribution is 2.20. The fourth-order valence-electron chi connectivity index (χ4n) is 1.83. The van der Waals surface area contributed by atoms with Crippen molar-refractivity contribution < 1.29 is 5.11 Å². The molecule has 0 heterocycles. The molecule has 0 spiro atoms. The lowest BCUT2D eigenvalue weighted by Crippen LogP contribution is -2.46. The van der Waals surface area contributed by atoms with Crippen LogP contribution in [0.5, 0.6) is 0 Å². The molecule has 1 atom stereocenters. The number of β-amino-alcohol motifs (C(OH)–C–C–N with tert-alkyl or cyclic N) is 1. The van der Waals surface area contributed by atoms with Crippen molar-refractivity contribution in [2.24, 2.45) is 0 Å². The van der Waals surface area contributed by atoms with Gasteiger partial charge in [0, 0.05) is 18.1 Å². The SMILES string of the molecule is BC(O)CNC(C)(CCCC)CCCC. The third kappa shape index (κ3) is 7.86. The van der Waals surface area contributed by atoms with E-state index in [1.165, 1.54) is 38.5 Å². The van der Waals surface area contributed by atoms with Gasteiger partial charge < -0.3 is 10.4 Å². The molecule has 0 fully saturated rings. The summed E-state index contributed by atoms with van der Waals surface area (Å²) in [6.45, 7) is 7.47. The number of aliphatic hydroxyl groups is 1. The molecule has 0 radical (unpaired) electrons. The summed E-state index contributed by atoms with van der Waals surface area (Å²) in [5.41, 5.74) is 0.225. The highest BCUT2D eigenvalue weighted by Gasteiger charge is 2.22. The zero-order valence-electron chi connectivity index (χ0n) is 11.0. The molecule has 0 aromatic carbocycles. The van der Waals surface area contributed by atoms with Gasteiger partial charge in [-0.05, 0) is 19.8 Å². The average Bonchev–Trinajstić information content (AvgIpc) is 2.21. The molecule has 0 aliphatic heterocycles. The van der Waals surface area contributed by atoms with Crippen LogP contribution in [-0.2, 0) is 0 Å². The van der Waals surface area contributed by atoms with Crippen molar-refractivity contribution in [3.63, 3.8) is 0 Å². The molecule has 0 aliphatic rings. The van der Waals surface area contributed by atoms with Crippen molar-refractivity contribution in [3.8, 4) is 0 Å². The summed E-state index contributed by atoms with van der Waals surface area (Å²) in [7, 11) is 1.84. The summed E-state index contributed by atoms with van der Waals surface area (Å²) in [5.74, 6) is 0. The molecule has 0 saturated carbocycles. The van der Waals surface area contributed by atoms with E-state index >= 15 is 0 Å². The van der Waals surface area contributed by atoms with Crippen molar-refractivity contribution in [2.75, 3.05) is 6.54 Å². The monoisotopic (exact) mass is 213 g/mol. The Labute approximate surface area is 96.2 Å². The molecular formula is C12H28BNO. The molecule has 2 nitrogen and oxygen atoms in total. The zero-order valence-corrected chi connectivity index (χ0v) is 11.0. The lowest BCUT2D eigenvalue weighted by atomic mass is 9.88. The van der Waals surface area contributed by atoms with E-state index in [0.29, 0.717) is 6.54 Å². The van der Waals surface area contributed by atoms with E-state index in [4.69, 9.17) is 0 Å². The van der Waals surface area contributed by atoms with Crippen molar-refractivity contribution in [3.05, 3.63) is 0 Å². The minimum atomic E-state index is -0.243. The van der Waals surface area contributed by atoms with Gasteiger partial charge >= 0.3 is 0 Å². The van der Waals surface area contributed by atoms with Gasteiger partial charge in [-0.25, -0.2) is 0 Å². The minimum absolute atomic E-state index is 0.225. The predicted molar refractivity (Wildman–Crippen MR) is 70.0 cm³/mol. The van der Waals surface area contributed by atoms with Gasteiger partial charge in [0.2, 0.25) is 0 Å². The standard InChI is InChI=1S/C12H28BNO/c1-4-6-8-12(3,9-7-5-2)14-10-11(13)15/h11,14-15H,4-10,13H2,1-3H3. The first kappa shape index (κ1) is 15.0. The quantitative estimate of drug-likeness (QED) is 0.571. The smallest absolute Gasteiger partial charge is 0.140 e. The van der Waals surface area contributed by atoms with E-state index in [1.54, 1.807) is 0 Å². The molecule has 0 aliphatic carbocycles. The van der Waals surface area contributed by atoms with Gasteiger partial charge in [-0.15, -0.1) is 0 Å². The summed E-state index contributed by atoms with van der Waals surface area (Å²) in [5, 5.41) is 12.8. The predicted octanol–water partition coefficient (Wildman–Crippen LogP) is 1.67. The van der Waals surface area contributed by atoms with Gasteiger partial charge in [0.25, 0.3) is 0 Å². The summed E-state index contributed by atoms with van der Waals surface area (Å²) >= 11 is 0. The lowest BCUT2D eigenvalue weighted by Gasteiger charge is -2.32. The summed E-state index contributed by atoms with van der Waals surface area (Å²) < 4.78 is 0. The molecule has 0 aromatic rings. The summed E-state index contributed by atoms with van der Waals surface area (Å²) in [4.78, 5) is 0. The molecule has 15 heavy (non-hydrogen) atoms. The molecule has 0 aromatic heterocycles. The van der Waals surface area contributed by atoms with Crippen LogP contribution in [0.1, 0.15) is 59.3 Å². The zero-order chi connectivity index (χ0) is 11.7. The molecular weight excluding hydrogens is 185 g/mol. The topological polar surface area (TPSA) is 32.3 Å². The Balaban J connectivity index is 4.01. The van der Waals surface area contributed by atoms with Crippen LogP contribution >= 0.6 is 0 Å². The fourth-order valence-corrected chi connectivity index (χ4v) is 1.83. The first-order valence-electron chi connectivity index (χ1n) is 6.47. The van der Waals surface area contributed by atoms with Crippen molar-refractivity contribution in [2.45, 2.75) is 70.8 Å². The normalized spacial score (nSPS) is 14.1. The van der Waals surface area contributed by atoms with E-state index in [9.17, 15) is 5.11 Å². The van der Waals surface area contributed by atoms with E-state index < -0.39 is 0 Å². The second kappa shape index (κ2) is 8.17. The number of hydrogen-bond donors (Lipinski definition) is 2. The molecule has 0 bridgehead atoms. The minimum Gasteiger partial charge on any atom is -0.401 e. The Bertz CT molecular complexity index is 143. The largest absolute Gasteiger partial charge is 0.401 e. The fraction of sp³-hybridized carbons (Fsp3) is 1.00. The maximum Gasteiger partial charge on any atom is 0.140 e. The van der Waals surface area contributed by atoms with Crippen LogP contribution < -0.4 is 5.32 Å². The number of aliphatic hydroxyl groups excluding tert-OH is 1. The number of nitrogens with one attached hydrogen (secondary N) is 1. The molecule has 0 amide bonds. The van der Waals surface area contributed by atoms with Gasteiger partial charge in [0.15, 0.2) is 0 Å². The van der Waals surface area contributed by atoms with Gasteiger partial charge in [0.05, 0.1) is 0 Å².